The summed E-state index contributed by atoms with van der Waals surface area (Å²) in [6, 6.07) is 4.78. The average Bonchev–Trinajstić information content (AvgIpc) is 2.56. The lowest BCUT2D eigenvalue weighted by atomic mass is 10.0. The van der Waals surface area contributed by atoms with Crippen molar-refractivity contribution in [1.29, 1.82) is 0 Å². The Morgan fingerprint density at radius 3 is 2.67 bits per heavy atom. The van der Waals surface area contributed by atoms with Crippen molar-refractivity contribution in [3.05, 3.63) is 33.8 Å². The Labute approximate surface area is 140 Å². The quantitative estimate of drug-likeness (QED) is 0.848. The number of sulfonamides is 1. The third-order valence-corrected chi connectivity index (χ3v) is 4.41. The molecule has 5 nitrogen and oxygen atoms in total. The van der Waals surface area contributed by atoms with E-state index in [1.807, 2.05) is 0 Å². The molecule has 9 heteroatoms. The molecule has 0 bridgehead atoms. The normalized spacial score (nSPS) is 23.2. The fourth-order valence-electron chi connectivity index (χ4n) is 2.14. The minimum Gasteiger partial charge on any atom is -0.370 e. The highest BCUT2D eigenvalue weighted by atomic mass is 35.5. The van der Waals surface area contributed by atoms with Crippen LogP contribution in [0.4, 0.5) is 0 Å². The van der Waals surface area contributed by atoms with Crippen LogP contribution in [0.1, 0.15) is 11.7 Å². The van der Waals surface area contributed by atoms with Gasteiger partial charge in [0, 0.05) is 13.1 Å². The van der Waals surface area contributed by atoms with Crippen LogP contribution < -0.4 is 10.0 Å². The van der Waals surface area contributed by atoms with E-state index in [-0.39, 0.29) is 12.4 Å². The molecule has 2 atom stereocenters. The Morgan fingerprint density at radius 1 is 1.33 bits per heavy atom. The van der Waals surface area contributed by atoms with Gasteiger partial charge in [0.25, 0.3) is 0 Å². The fraction of sp³-hybridized carbons (Fsp3) is 0.500. The molecular weight excluding hydrogens is 359 g/mol. The molecule has 1 aliphatic heterocycles. The number of benzene rings is 1. The molecule has 21 heavy (non-hydrogen) atoms. The van der Waals surface area contributed by atoms with E-state index in [4.69, 9.17) is 27.9 Å². The van der Waals surface area contributed by atoms with Gasteiger partial charge in [-0.1, -0.05) is 29.3 Å². The highest BCUT2D eigenvalue weighted by Crippen LogP contribution is 2.29. The van der Waals surface area contributed by atoms with Gasteiger partial charge in [-0.25, -0.2) is 13.1 Å². The Kier molecular flexibility index (Phi) is 7.19. The molecule has 2 unspecified atom stereocenters. The van der Waals surface area contributed by atoms with Crippen molar-refractivity contribution in [2.24, 2.45) is 0 Å². The Morgan fingerprint density at radius 2 is 2.05 bits per heavy atom. The number of hydrogen-bond donors (Lipinski definition) is 2. The molecule has 1 fully saturated rings. The lowest BCUT2D eigenvalue weighted by molar-refractivity contribution is 0.0494. The lowest BCUT2D eigenvalue weighted by Crippen LogP contribution is -2.44. The van der Waals surface area contributed by atoms with Crippen molar-refractivity contribution >= 4 is 45.6 Å². The van der Waals surface area contributed by atoms with Crippen LogP contribution in [-0.4, -0.2) is 40.4 Å². The van der Waals surface area contributed by atoms with E-state index in [9.17, 15) is 8.42 Å². The van der Waals surface area contributed by atoms with Crippen LogP contribution in [0.2, 0.25) is 10.0 Å². The zero-order chi connectivity index (χ0) is 14.8. The molecule has 1 aromatic carbocycles. The summed E-state index contributed by atoms with van der Waals surface area (Å²) in [5, 5.41) is 4.01. The summed E-state index contributed by atoms with van der Waals surface area (Å²) >= 11 is 11.9. The molecule has 1 aromatic rings. The summed E-state index contributed by atoms with van der Waals surface area (Å²) in [5.74, 6) is 0. The van der Waals surface area contributed by atoms with Crippen molar-refractivity contribution in [2.45, 2.75) is 12.1 Å². The van der Waals surface area contributed by atoms with Gasteiger partial charge in [-0.2, -0.15) is 0 Å². The largest absolute Gasteiger partial charge is 0.370 e. The van der Waals surface area contributed by atoms with Crippen LogP contribution >= 0.6 is 35.6 Å². The lowest BCUT2D eigenvalue weighted by Gasteiger charge is -2.25. The topological polar surface area (TPSA) is 67.4 Å². The maximum absolute atomic E-state index is 11.5. The Bertz CT molecular complexity index is 583. The highest BCUT2D eigenvalue weighted by molar-refractivity contribution is 7.88. The van der Waals surface area contributed by atoms with Gasteiger partial charge >= 0.3 is 0 Å². The van der Waals surface area contributed by atoms with Crippen LogP contribution in [0, 0.1) is 0 Å². The van der Waals surface area contributed by atoms with Gasteiger partial charge in [0.2, 0.25) is 10.0 Å². The minimum atomic E-state index is -3.33. The van der Waals surface area contributed by atoms with E-state index < -0.39 is 22.2 Å². The third kappa shape index (κ3) is 5.56. The van der Waals surface area contributed by atoms with E-state index >= 15 is 0 Å². The van der Waals surface area contributed by atoms with Crippen molar-refractivity contribution < 1.29 is 13.2 Å². The average molecular weight is 376 g/mol. The van der Waals surface area contributed by atoms with E-state index in [1.165, 1.54) is 0 Å². The molecule has 0 spiro atoms. The first-order valence-corrected chi connectivity index (χ1v) is 8.76. The summed E-state index contributed by atoms with van der Waals surface area (Å²) in [4.78, 5) is 0. The maximum atomic E-state index is 11.5. The summed E-state index contributed by atoms with van der Waals surface area (Å²) in [7, 11) is -3.33. The molecule has 0 amide bonds. The maximum Gasteiger partial charge on any atom is 0.209 e. The zero-order valence-electron chi connectivity index (χ0n) is 11.3. The van der Waals surface area contributed by atoms with E-state index in [1.54, 1.807) is 18.2 Å². The second kappa shape index (κ2) is 7.97. The summed E-state index contributed by atoms with van der Waals surface area (Å²) in [6.07, 6.45) is 0.721. The number of ether oxygens (including phenoxy) is 1. The van der Waals surface area contributed by atoms with Gasteiger partial charge in [-0.05, 0) is 17.7 Å². The number of rotatable bonds is 3. The summed E-state index contributed by atoms with van der Waals surface area (Å²) < 4.78 is 31.3. The first-order valence-electron chi connectivity index (χ1n) is 6.11. The van der Waals surface area contributed by atoms with Crippen molar-refractivity contribution in [1.82, 2.24) is 10.0 Å². The van der Waals surface area contributed by atoms with Crippen molar-refractivity contribution in [3.63, 3.8) is 0 Å². The van der Waals surface area contributed by atoms with E-state index in [0.29, 0.717) is 29.7 Å². The molecule has 1 aliphatic rings. The van der Waals surface area contributed by atoms with Crippen LogP contribution in [0.3, 0.4) is 0 Å². The Balaban J connectivity index is 0.00000220. The van der Waals surface area contributed by atoms with Crippen LogP contribution in [-0.2, 0) is 14.8 Å². The smallest absolute Gasteiger partial charge is 0.209 e. The second-order valence-electron chi connectivity index (χ2n) is 4.67. The molecule has 0 aliphatic carbocycles. The summed E-state index contributed by atoms with van der Waals surface area (Å²) in [6.45, 7) is 1.64. The zero-order valence-corrected chi connectivity index (χ0v) is 14.5. The van der Waals surface area contributed by atoms with Crippen LogP contribution in [0.25, 0.3) is 0 Å². The molecule has 1 heterocycles. The molecule has 0 aromatic heterocycles. The first-order chi connectivity index (χ1) is 9.37. The van der Waals surface area contributed by atoms with Gasteiger partial charge < -0.3 is 10.1 Å². The molecular formula is C12H17Cl3N2O3S. The number of halogens is 3. The predicted octanol–water partition coefficient (Wildman–Crippen LogP) is 1.99. The van der Waals surface area contributed by atoms with Crippen LogP contribution in [0.5, 0.6) is 0 Å². The molecule has 2 rings (SSSR count). The highest BCUT2D eigenvalue weighted by Gasteiger charge is 2.28. The fourth-order valence-corrected chi connectivity index (χ4v) is 3.20. The van der Waals surface area contributed by atoms with E-state index in [0.717, 1.165) is 11.8 Å². The molecule has 2 N–H and O–H groups in total. The van der Waals surface area contributed by atoms with Crippen molar-refractivity contribution in [3.8, 4) is 0 Å². The first kappa shape index (κ1) is 19.0. The second-order valence-corrected chi connectivity index (χ2v) is 7.26. The third-order valence-electron chi connectivity index (χ3n) is 2.94. The van der Waals surface area contributed by atoms with Gasteiger partial charge in [-0.15, -0.1) is 12.4 Å². The minimum absolute atomic E-state index is 0. The van der Waals surface area contributed by atoms with Gasteiger partial charge in [0.1, 0.15) is 6.10 Å². The molecule has 120 valence electrons. The van der Waals surface area contributed by atoms with E-state index in [2.05, 4.69) is 10.0 Å². The van der Waals surface area contributed by atoms with Crippen LogP contribution in [0.15, 0.2) is 18.2 Å². The van der Waals surface area contributed by atoms with Gasteiger partial charge in [0.05, 0.1) is 28.9 Å². The number of nitrogens with one attached hydrogen (secondary N) is 2. The number of hydrogen-bond acceptors (Lipinski definition) is 4. The van der Waals surface area contributed by atoms with Gasteiger partial charge in [-0.3, -0.25) is 0 Å². The molecule has 0 saturated carbocycles. The summed E-state index contributed by atoms with van der Waals surface area (Å²) in [5.41, 5.74) is 0.796. The van der Waals surface area contributed by atoms with Crippen molar-refractivity contribution in [2.75, 3.05) is 26.0 Å². The predicted molar refractivity (Wildman–Crippen MR) is 87.0 cm³/mol. The SMILES string of the molecule is CS(=O)(=O)NC1CNCCOC1c1ccc(Cl)c(Cl)c1.Cl. The standard InChI is InChI=1S/C12H16Cl2N2O3S.ClH/c1-20(17,18)16-11-7-15-4-5-19-12(11)8-2-3-9(13)10(14)6-8;/h2-3,6,11-12,15-16H,4-5,7H2,1H3;1H. The molecule has 1 saturated heterocycles. The molecule has 0 radical (unpaired) electrons. The monoisotopic (exact) mass is 374 g/mol. The Hall–Kier alpha value is -0.0800. The van der Waals surface area contributed by atoms with Gasteiger partial charge in [0.15, 0.2) is 0 Å².